The first kappa shape index (κ1) is 126. The lowest BCUT2D eigenvalue weighted by atomic mass is 9.91. The summed E-state index contributed by atoms with van der Waals surface area (Å²) < 4.78 is 5.74. The largest absolute Gasteiger partial charge is 1.00 e. The SMILES string of the molecule is CCC(C)(C)C(=O)O.CCC(C)C(=O)O.CCC(C)C(=O)O.CCC(C)C(=O)O.CCC(C)C(=O)O.CCC(CC(C)C(=O)NCCC[NH3+])C(=O)O.C[N+](C)(C)Cc1ccccc1.C[N+](C)(C)Cc1ccccc1.C[N+](C)(C)Cc1ccccc1.C[N+](C)(C)c1ccccc1.OCC[N+](CCO)(CCO)Cc1ccccc1.[Cl-].c1ccc2c(c1)C[N+]1(CCCC1)C2. The van der Waals surface area contributed by atoms with Crippen LogP contribution in [0.5, 0.6) is 0 Å². The summed E-state index contributed by atoms with van der Waals surface area (Å²) in [6.07, 6.45) is 8.25. The molecule has 1 saturated heterocycles. The zero-order valence-electron chi connectivity index (χ0n) is 82.2. The number of carbonyl (C=O) groups excluding carboxylic acids is 1. The quantitative estimate of drug-likeness (QED) is 0.0135. The Kier molecular flexibility index (Phi) is 69.5. The first-order valence-corrected chi connectivity index (χ1v) is 44.7. The molecule has 0 aromatic heterocycles. The lowest BCUT2D eigenvalue weighted by molar-refractivity contribution is -0.941. The minimum absolute atomic E-state index is 0. The van der Waals surface area contributed by atoms with Crippen molar-refractivity contribution in [3.63, 3.8) is 0 Å². The normalized spacial score (nSPS) is 13.5. The molecule has 2 aliphatic heterocycles. The summed E-state index contributed by atoms with van der Waals surface area (Å²) in [4.78, 5) is 72.3. The monoisotopic (exact) mass is 1790 g/mol. The van der Waals surface area contributed by atoms with Gasteiger partial charge in [0.15, 0.2) is 0 Å². The van der Waals surface area contributed by atoms with E-state index < -0.39 is 47.1 Å². The number of fused-ring (bicyclic) bond motifs is 1. The van der Waals surface area contributed by atoms with Gasteiger partial charge in [-0.3, -0.25) is 38.0 Å². The van der Waals surface area contributed by atoms with E-state index in [0.29, 0.717) is 49.9 Å². The highest BCUT2D eigenvalue weighted by molar-refractivity contribution is 5.79. The number of aliphatic carboxylic acids is 6. The van der Waals surface area contributed by atoms with Crippen LogP contribution in [-0.2, 0) is 72.8 Å². The highest BCUT2D eigenvalue weighted by atomic mass is 35.5. The fourth-order valence-electron chi connectivity index (χ4n) is 11.8. The Morgan fingerprint density at radius 3 is 0.881 bits per heavy atom. The van der Waals surface area contributed by atoms with Gasteiger partial charge >= 0.3 is 35.8 Å². The van der Waals surface area contributed by atoms with E-state index in [9.17, 15) is 33.6 Å². The summed E-state index contributed by atoms with van der Waals surface area (Å²) in [5.41, 5.74) is 13.0. The second kappa shape index (κ2) is 69.5. The number of hydrogen-bond acceptors (Lipinski definition) is 10. The third kappa shape index (κ3) is 66.0. The number of rotatable bonds is 33. The molecule has 13 N–H and O–H groups in total. The molecule has 716 valence electrons. The highest BCUT2D eigenvalue weighted by Crippen LogP contribution is 2.34. The van der Waals surface area contributed by atoms with E-state index in [1.54, 1.807) is 59.6 Å². The van der Waals surface area contributed by atoms with E-state index >= 15 is 0 Å². The topological polar surface area (TPSA) is 341 Å². The average molecular weight is 1790 g/mol. The zero-order chi connectivity index (χ0) is 96.6. The van der Waals surface area contributed by atoms with Crippen LogP contribution in [0.4, 0.5) is 5.69 Å². The number of aliphatic hydroxyl groups is 3. The van der Waals surface area contributed by atoms with Crippen LogP contribution in [-0.4, -0.2) is 260 Å². The van der Waals surface area contributed by atoms with Gasteiger partial charge < -0.3 is 91.8 Å². The molecule has 8 rings (SSSR count). The van der Waals surface area contributed by atoms with Gasteiger partial charge in [-0.15, -0.1) is 0 Å². The molecule has 25 heteroatoms. The Labute approximate surface area is 767 Å². The van der Waals surface area contributed by atoms with E-state index in [0.717, 1.165) is 88.3 Å². The maximum atomic E-state index is 11.6. The molecule has 2 heterocycles. The molecular weight excluding hydrogens is 1620 g/mol. The van der Waals surface area contributed by atoms with Crippen molar-refractivity contribution in [3.05, 3.63) is 209 Å². The molecular formula is C101H175ClN8O16+6. The number of carboxylic acid groups (broad SMARTS) is 6. The van der Waals surface area contributed by atoms with E-state index in [-0.39, 0.29) is 67.7 Å². The molecule has 0 saturated carbocycles. The lowest BCUT2D eigenvalue weighted by Gasteiger charge is -2.37. The number of amides is 1. The number of quaternary nitrogens is 7. The van der Waals surface area contributed by atoms with E-state index in [1.165, 1.54) is 65.9 Å². The van der Waals surface area contributed by atoms with Crippen molar-refractivity contribution in [1.29, 1.82) is 0 Å². The molecule has 6 aromatic rings. The van der Waals surface area contributed by atoms with E-state index in [4.69, 9.17) is 46.0 Å². The Balaban J connectivity index is -0.000000427. The van der Waals surface area contributed by atoms with Gasteiger partial charge in [0.2, 0.25) is 5.91 Å². The number of benzene rings is 6. The molecule has 0 radical (unpaired) electrons. The summed E-state index contributed by atoms with van der Waals surface area (Å²) in [5, 5.41) is 80.3. The Hall–Kier alpha value is -8.50. The number of carboxylic acids is 6. The standard InChI is InChI=1S/C13H22NO3.C12H16N.C11H22N2O3.3C10H16N.C9H14N.C6H12O2.4C5H10O2.ClH/c15-9-6-14(7-10-16,8-11-17)12-13-4-2-1-3-5-13;1-2-6-12-10-13(7-3-4-8-13)9-11(12)5-1;1-3-9(11(15)16)7-8(2)10(14)13-6-4-5-12;3*1-11(2,3)9-10-7-5-4-6-8-10;1-10(2,3)9-7-5-4-6-8-9;1-4-6(2,3)5(7)8;4*1-3-4(2)5(6)7;/h1-5,15-17H,6-12H2;1-2,5-6H,3-4,7-10H2;8-9H,3-7,12H2,1-2H3,(H,13,14)(H,15,16);3*4-8H,9H2,1-3H3;4-8H,1-3H3;4H2,1-3H3,(H,7,8);4*4H,3H2,1-2H3,(H,6,7);1H/q2*+1;;4*+1;;;;;;. The van der Waals surface area contributed by atoms with E-state index in [2.05, 4.69) is 235 Å². The number of nitrogens with one attached hydrogen (secondary N) is 1. The van der Waals surface area contributed by atoms with Gasteiger partial charge in [-0.2, -0.15) is 0 Å². The highest BCUT2D eigenvalue weighted by Gasteiger charge is 2.38. The summed E-state index contributed by atoms with van der Waals surface area (Å²) >= 11 is 0. The van der Waals surface area contributed by atoms with Crippen LogP contribution in [0.3, 0.4) is 0 Å². The van der Waals surface area contributed by atoms with Gasteiger partial charge in [0, 0.05) is 65.1 Å². The van der Waals surface area contributed by atoms with Gasteiger partial charge in [-0.05, 0) is 70.9 Å². The molecule has 6 aromatic carbocycles. The first-order chi connectivity index (χ1) is 58.2. The molecule has 1 fully saturated rings. The molecule has 1 spiro atoms. The molecule has 0 aliphatic carbocycles. The van der Waals surface area contributed by atoms with Crippen LogP contribution in [0.15, 0.2) is 176 Å². The first-order valence-electron chi connectivity index (χ1n) is 44.7. The van der Waals surface area contributed by atoms with Gasteiger partial charge in [0.25, 0.3) is 0 Å². The minimum atomic E-state index is -0.820. The van der Waals surface area contributed by atoms with E-state index in [1.807, 2.05) is 77.9 Å². The summed E-state index contributed by atoms with van der Waals surface area (Å²) in [6.45, 7) is 35.8. The Morgan fingerprint density at radius 2 is 0.683 bits per heavy atom. The average Bonchev–Trinajstić information content (AvgIpc) is 1.63. The van der Waals surface area contributed by atoms with Gasteiger partial charge in [-0.25, -0.2) is 0 Å². The molecule has 6 atom stereocenters. The second-order valence-corrected chi connectivity index (χ2v) is 37.3. The molecule has 126 heavy (non-hydrogen) atoms. The predicted molar refractivity (Wildman–Crippen MR) is 511 cm³/mol. The molecule has 0 bridgehead atoms. The zero-order valence-corrected chi connectivity index (χ0v) is 83.0. The molecule has 1 amide bonds. The van der Waals surface area contributed by atoms with Crippen LogP contribution in [0.25, 0.3) is 0 Å². The molecule has 2 aliphatic rings. The van der Waals surface area contributed by atoms with Gasteiger partial charge in [0.1, 0.15) is 64.6 Å². The maximum Gasteiger partial charge on any atom is 0.309 e. The van der Waals surface area contributed by atoms with Crippen molar-refractivity contribution in [2.24, 2.45) is 40.9 Å². The van der Waals surface area contributed by atoms with Crippen molar-refractivity contribution in [3.8, 4) is 0 Å². The van der Waals surface area contributed by atoms with Crippen molar-refractivity contribution >= 4 is 47.4 Å². The van der Waals surface area contributed by atoms with Crippen LogP contribution >= 0.6 is 0 Å². The van der Waals surface area contributed by atoms with Crippen molar-refractivity contribution < 1.29 is 120 Å². The number of para-hydroxylation sites is 1. The summed E-state index contributed by atoms with van der Waals surface area (Å²) in [7, 11) is 26.3. The summed E-state index contributed by atoms with van der Waals surface area (Å²) in [5.74, 6) is -5.82. The van der Waals surface area contributed by atoms with Crippen LogP contribution in [0.2, 0.25) is 0 Å². The van der Waals surface area contributed by atoms with Crippen molar-refractivity contribution in [1.82, 2.24) is 9.80 Å². The van der Waals surface area contributed by atoms with Crippen molar-refractivity contribution in [2.75, 3.05) is 150 Å². The molecule has 6 unspecified atom stereocenters. The van der Waals surface area contributed by atoms with Gasteiger partial charge in [-0.1, -0.05) is 240 Å². The Bertz CT molecular complexity index is 3510. The third-order valence-corrected chi connectivity index (χ3v) is 21.0. The fraction of sp³-hybridized carbons (Fsp3) is 0.574. The lowest BCUT2D eigenvalue weighted by Crippen LogP contribution is -3.00. The van der Waals surface area contributed by atoms with Gasteiger partial charge in [0.05, 0.1) is 159 Å². The smallest absolute Gasteiger partial charge is 0.309 e. The number of hydrogen-bond donors (Lipinski definition) is 11. The maximum absolute atomic E-state index is 11.6. The third-order valence-electron chi connectivity index (χ3n) is 21.0. The Morgan fingerprint density at radius 1 is 0.405 bits per heavy atom. The number of carbonyl (C=O) groups is 7. The predicted octanol–water partition coefficient (Wildman–Crippen LogP) is 12.7. The van der Waals surface area contributed by atoms with Crippen LogP contribution in [0, 0.1) is 40.9 Å². The minimum Gasteiger partial charge on any atom is -1.00 e. The molecule has 24 nitrogen and oxygen atoms in total. The van der Waals surface area contributed by atoms with Crippen molar-refractivity contribution in [2.45, 2.75) is 193 Å². The number of halogens is 1. The second-order valence-electron chi connectivity index (χ2n) is 37.3. The summed E-state index contributed by atoms with van der Waals surface area (Å²) in [6, 6.07) is 61.1. The van der Waals surface area contributed by atoms with Crippen LogP contribution in [0.1, 0.15) is 188 Å². The number of aliphatic hydroxyl groups excluding tert-OH is 3. The van der Waals surface area contributed by atoms with Crippen LogP contribution < -0.4 is 27.9 Å². The number of nitrogens with zero attached hydrogens (tertiary/aromatic N) is 6. The fourth-order valence-corrected chi connectivity index (χ4v) is 11.8.